The summed E-state index contributed by atoms with van der Waals surface area (Å²) < 4.78 is 13.7. The Morgan fingerprint density at radius 3 is 2.50 bits per heavy atom. The number of nitrogens with two attached hydrogens (primary N) is 1. The van der Waals surface area contributed by atoms with E-state index >= 15 is 0 Å². The fraction of sp³-hybridized carbons (Fsp3) is 0.562. The molecule has 1 fully saturated rings. The highest BCUT2D eigenvalue weighted by molar-refractivity contribution is 5.81. The average Bonchev–Trinajstić information content (AvgIpc) is 2.48. The van der Waals surface area contributed by atoms with Crippen LogP contribution in [0.4, 0.5) is 10.1 Å². The van der Waals surface area contributed by atoms with Gasteiger partial charge in [-0.05, 0) is 39.1 Å². The van der Waals surface area contributed by atoms with E-state index in [0.29, 0.717) is 0 Å². The van der Waals surface area contributed by atoms with Crippen LogP contribution in [0.3, 0.4) is 0 Å². The van der Waals surface area contributed by atoms with Crippen LogP contribution in [0.15, 0.2) is 18.2 Å². The van der Waals surface area contributed by atoms with Crippen molar-refractivity contribution in [3.63, 3.8) is 0 Å². The van der Waals surface area contributed by atoms with Crippen molar-refractivity contribution in [2.75, 3.05) is 38.1 Å². The number of halogens is 1. The smallest absolute Gasteiger partial charge is 0.237 e. The molecule has 6 heteroatoms. The number of anilines is 1. The fourth-order valence-corrected chi connectivity index (χ4v) is 2.63. The Balaban J connectivity index is 2.22. The minimum absolute atomic E-state index is 0.235. The van der Waals surface area contributed by atoms with Crippen LogP contribution in [0.5, 0.6) is 0 Å². The van der Waals surface area contributed by atoms with Gasteiger partial charge in [0, 0.05) is 37.4 Å². The van der Waals surface area contributed by atoms with Gasteiger partial charge in [-0.3, -0.25) is 4.79 Å². The lowest BCUT2D eigenvalue weighted by Gasteiger charge is -2.36. The lowest BCUT2D eigenvalue weighted by atomic mass is 10.0. The Bertz CT molecular complexity index is 527. The van der Waals surface area contributed by atoms with Gasteiger partial charge in [0.15, 0.2) is 0 Å². The molecule has 0 aromatic heterocycles. The van der Waals surface area contributed by atoms with Crippen molar-refractivity contribution < 1.29 is 9.18 Å². The predicted octanol–water partition coefficient (Wildman–Crippen LogP) is 1.10. The normalized spacial score (nSPS) is 18.9. The molecule has 1 saturated heterocycles. The van der Waals surface area contributed by atoms with Crippen molar-refractivity contribution in [2.45, 2.75) is 25.9 Å². The largest absolute Gasteiger partial charge is 0.369 e. The molecule has 1 amide bonds. The zero-order valence-corrected chi connectivity index (χ0v) is 13.5. The second kappa shape index (κ2) is 7.07. The van der Waals surface area contributed by atoms with E-state index in [2.05, 4.69) is 22.2 Å². The van der Waals surface area contributed by atoms with E-state index in [9.17, 15) is 9.18 Å². The number of likely N-dealkylation sites (N-methyl/N-ethyl adjacent to an activating group) is 1. The van der Waals surface area contributed by atoms with Crippen LogP contribution >= 0.6 is 0 Å². The highest BCUT2D eigenvalue weighted by atomic mass is 19.1. The van der Waals surface area contributed by atoms with Gasteiger partial charge in [0.1, 0.15) is 5.82 Å². The van der Waals surface area contributed by atoms with E-state index < -0.39 is 6.04 Å². The number of nitrogens with zero attached hydrogens (tertiary/aromatic N) is 2. The Hall–Kier alpha value is -1.66. The fourth-order valence-electron chi connectivity index (χ4n) is 2.63. The molecular formula is C16H25FN4O. The summed E-state index contributed by atoms with van der Waals surface area (Å²) in [5, 5.41) is 2.84. The molecule has 5 nitrogen and oxygen atoms in total. The van der Waals surface area contributed by atoms with Crippen LogP contribution < -0.4 is 16.0 Å². The third-order valence-corrected chi connectivity index (χ3v) is 4.07. The number of hydrogen-bond donors (Lipinski definition) is 2. The van der Waals surface area contributed by atoms with E-state index in [1.165, 1.54) is 12.1 Å². The second-order valence-electron chi connectivity index (χ2n) is 6.01. The predicted molar refractivity (Wildman–Crippen MR) is 86.3 cm³/mol. The van der Waals surface area contributed by atoms with E-state index in [1.54, 1.807) is 13.0 Å². The molecule has 0 aliphatic carbocycles. The molecule has 1 aromatic rings. The van der Waals surface area contributed by atoms with Crippen molar-refractivity contribution in [3.05, 3.63) is 29.6 Å². The van der Waals surface area contributed by atoms with E-state index in [0.717, 1.165) is 37.4 Å². The van der Waals surface area contributed by atoms with Gasteiger partial charge in [-0.1, -0.05) is 0 Å². The highest BCUT2D eigenvalue weighted by Crippen LogP contribution is 2.28. The Morgan fingerprint density at radius 2 is 1.91 bits per heavy atom. The summed E-state index contributed by atoms with van der Waals surface area (Å²) in [5.74, 6) is -0.532. The maximum absolute atomic E-state index is 13.7. The monoisotopic (exact) mass is 308 g/mol. The molecule has 0 saturated carbocycles. The maximum atomic E-state index is 13.7. The van der Waals surface area contributed by atoms with Crippen LogP contribution in [0.25, 0.3) is 0 Å². The lowest BCUT2D eigenvalue weighted by Crippen LogP contribution is -2.45. The van der Waals surface area contributed by atoms with Crippen LogP contribution in [0, 0.1) is 5.82 Å². The molecule has 1 unspecified atom stereocenters. The summed E-state index contributed by atoms with van der Waals surface area (Å²) in [4.78, 5) is 16.3. The van der Waals surface area contributed by atoms with Gasteiger partial charge in [0.25, 0.3) is 0 Å². The molecule has 122 valence electrons. The summed E-state index contributed by atoms with van der Waals surface area (Å²) in [5.41, 5.74) is 7.36. The van der Waals surface area contributed by atoms with Crippen molar-refractivity contribution in [1.29, 1.82) is 0 Å². The first-order valence-corrected chi connectivity index (χ1v) is 7.67. The number of hydrogen-bond acceptors (Lipinski definition) is 4. The summed E-state index contributed by atoms with van der Waals surface area (Å²) in [6.07, 6.45) is 0. The van der Waals surface area contributed by atoms with Crippen LogP contribution in [-0.2, 0) is 4.79 Å². The lowest BCUT2D eigenvalue weighted by molar-refractivity contribution is -0.122. The van der Waals surface area contributed by atoms with Gasteiger partial charge >= 0.3 is 0 Å². The number of carbonyl (C=O) groups excluding carboxylic acids is 1. The number of nitrogens with one attached hydrogen (secondary N) is 1. The van der Waals surface area contributed by atoms with Gasteiger partial charge in [0.2, 0.25) is 5.91 Å². The van der Waals surface area contributed by atoms with Crippen molar-refractivity contribution in [3.8, 4) is 0 Å². The standard InChI is InChI=1S/C16H25FN4O/c1-11(18)16(22)19-12(2)14-10-13(17)4-5-15(14)21-8-6-20(3)7-9-21/h4-5,10-12H,6-9,18H2,1-3H3,(H,19,22)/t11-,12?/m1/s1. The Morgan fingerprint density at radius 1 is 1.27 bits per heavy atom. The van der Waals surface area contributed by atoms with Gasteiger partial charge in [-0.2, -0.15) is 0 Å². The summed E-state index contributed by atoms with van der Waals surface area (Å²) in [7, 11) is 2.09. The second-order valence-corrected chi connectivity index (χ2v) is 6.01. The van der Waals surface area contributed by atoms with Crippen molar-refractivity contribution in [2.24, 2.45) is 5.73 Å². The van der Waals surface area contributed by atoms with E-state index in [1.807, 2.05) is 6.92 Å². The SMILES string of the molecule is CC(NC(=O)[C@@H](C)N)c1cc(F)ccc1N1CCN(C)CC1. The van der Waals surface area contributed by atoms with Gasteiger partial charge in [-0.25, -0.2) is 4.39 Å². The number of piperazine rings is 1. The van der Waals surface area contributed by atoms with Crippen LogP contribution in [0.1, 0.15) is 25.5 Å². The first kappa shape index (κ1) is 16.7. The Labute approximate surface area is 131 Å². The first-order chi connectivity index (χ1) is 10.4. The molecule has 3 N–H and O–H groups in total. The minimum Gasteiger partial charge on any atom is -0.369 e. The molecule has 1 aliphatic rings. The molecule has 22 heavy (non-hydrogen) atoms. The number of carbonyl (C=O) groups is 1. The average molecular weight is 308 g/mol. The first-order valence-electron chi connectivity index (χ1n) is 7.67. The number of amides is 1. The number of benzene rings is 1. The molecule has 0 spiro atoms. The van der Waals surface area contributed by atoms with Crippen molar-refractivity contribution in [1.82, 2.24) is 10.2 Å². The van der Waals surface area contributed by atoms with Gasteiger partial charge in [-0.15, -0.1) is 0 Å². The Kier molecular flexibility index (Phi) is 5.37. The van der Waals surface area contributed by atoms with Gasteiger partial charge in [0.05, 0.1) is 12.1 Å². The zero-order valence-electron chi connectivity index (χ0n) is 13.5. The third-order valence-electron chi connectivity index (χ3n) is 4.07. The van der Waals surface area contributed by atoms with Crippen LogP contribution in [-0.4, -0.2) is 50.1 Å². The zero-order chi connectivity index (χ0) is 16.3. The molecule has 1 aliphatic heterocycles. The molecule has 2 atom stereocenters. The molecule has 2 rings (SSSR count). The van der Waals surface area contributed by atoms with Crippen LogP contribution in [0.2, 0.25) is 0 Å². The summed E-state index contributed by atoms with van der Waals surface area (Å²) in [6, 6.07) is 3.90. The molecular weight excluding hydrogens is 283 g/mol. The molecule has 1 aromatic carbocycles. The topological polar surface area (TPSA) is 61.6 Å². The molecule has 0 radical (unpaired) electrons. The molecule has 1 heterocycles. The quantitative estimate of drug-likeness (QED) is 0.874. The maximum Gasteiger partial charge on any atom is 0.237 e. The van der Waals surface area contributed by atoms with Crippen molar-refractivity contribution >= 4 is 11.6 Å². The summed E-state index contributed by atoms with van der Waals surface area (Å²) >= 11 is 0. The molecule has 0 bridgehead atoms. The number of rotatable bonds is 4. The minimum atomic E-state index is -0.580. The van der Waals surface area contributed by atoms with E-state index in [4.69, 9.17) is 5.73 Å². The van der Waals surface area contributed by atoms with Gasteiger partial charge < -0.3 is 20.9 Å². The highest BCUT2D eigenvalue weighted by Gasteiger charge is 2.21. The van der Waals surface area contributed by atoms with E-state index in [-0.39, 0.29) is 17.8 Å². The third kappa shape index (κ3) is 3.96. The summed E-state index contributed by atoms with van der Waals surface area (Å²) in [6.45, 7) is 7.21.